The van der Waals surface area contributed by atoms with Crippen LogP contribution in [0.4, 0.5) is 0 Å². The first-order chi connectivity index (χ1) is 11.9. The fraction of sp³-hybridized carbons (Fsp3) is 0. The smallest absolute Gasteiger partial charge is 0.122 e. The zero-order valence-electron chi connectivity index (χ0n) is 13.2. The van der Waals surface area contributed by atoms with Crippen molar-refractivity contribution in [2.24, 2.45) is 0 Å². The highest BCUT2D eigenvalue weighted by molar-refractivity contribution is 9.23. The normalized spacial score (nSPS) is 11.4. The molecule has 0 aliphatic carbocycles. The molecule has 0 saturated heterocycles. The Labute approximate surface area is 152 Å². The Balaban J connectivity index is 2.03. The van der Waals surface area contributed by atoms with Crippen LogP contribution in [-0.4, -0.2) is 8.14 Å². The van der Waals surface area contributed by atoms with Gasteiger partial charge in [-0.1, -0.05) is 90.6 Å². The standard InChI is InChI=1S/C22H17BrSi/c23-24-15-22(20-13-5-9-16-7-1-3-11-18(16)20)21-14-6-10-17-8-2-4-12-19(17)21/h1-15H,24H2. The topological polar surface area (TPSA) is 0 Å². The lowest BCUT2D eigenvalue weighted by Crippen LogP contribution is -1.93. The summed E-state index contributed by atoms with van der Waals surface area (Å²) in [6.45, 7) is 0. The molecule has 0 aromatic heterocycles. The molecule has 0 radical (unpaired) electrons. The molecule has 0 heterocycles. The van der Waals surface area contributed by atoms with E-state index >= 15 is 0 Å². The number of halogens is 1. The first kappa shape index (κ1) is 15.4. The predicted octanol–water partition coefficient (Wildman–Crippen LogP) is 5.86. The molecule has 0 aliphatic heterocycles. The largest absolute Gasteiger partial charge is 0.130 e. The van der Waals surface area contributed by atoms with Gasteiger partial charge < -0.3 is 0 Å². The Morgan fingerprint density at radius 1 is 0.625 bits per heavy atom. The van der Waals surface area contributed by atoms with Gasteiger partial charge >= 0.3 is 0 Å². The number of fused-ring (bicyclic) bond motifs is 2. The monoisotopic (exact) mass is 388 g/mol. The zero-order valence-corrected chi connectivity index (χ0v) is 16.2. The fourth-order valence-electron chi connectivity index (χ4n) is 3.36. The van der Waals surface area contributed by atoms with E-state index in [2.05, 4.69) is 106 Å². The predicted molar refractivity (Wildman–Crippen MR) is 112 cm³/mol. The van der Waals surface area contributed by atoms with E-state index < -0.39 is 8.14 Å². The molecule has 0 N–H and O–H groups in total. The molecule has 116 valence electrons. The van der Waals surface area contributed by atoms with Crippen molar-refractivity contribution in [3.8, 4) is 0 Å². The molecular weight excluding hydrogens is 372 g/mol. The maximum atomic E-state index is 3.74. The van der Waals surface area contributed by atoms with Crippen molar-refractivity contribution >= 4 is 50.5 Å². The van der Waals surface area contributed by atoms with Crippen molar-refractivity contribution in [3.63, 3.8) is 0 Å². The Morgan fingerprint density at radius 3 is 1.58 bits per heavy atom. The average molecular weight is 389 g/mol. The molecule has 0 amide bonds. The Kier molecular flexibility index (Phi) is 4.33. The van der Waals surface area contributed by atoms with E-state index in [4.69, 9.17) is 0 Å². The summed E-state index contributed by atoms with van der Waals surface area (Å²) in [5.74, 6) is 0. The van der Waals surface area contributed by atoms with Crippen LogP contribution in [-0.2, 0) is 0 Å². The maximum absolute atomic E-state index is 3.74. The summed E-state index contributed by atoms with van der Waals surface area (Å²) in [6, 6.07) is 30.4. The summed E-state index contributed by atoms with van der Waals surface area (Å²) in [4.78, 5) is 0. The first-order valence-corrected chi connectivity index (χ1v) is 12.8. The van der Waals surface area contributed by atoms with Gasteiger partial charge in [0, 0.05) is 0 Å². The highest BCUT2D eigenvalue weighted by Crippen LogP contribution is 2.33. The van der Waals surface area contributed by atoms with Gasteiger partial charge in [0.2, 0.25) is 0 Å². The molecule has 0 nitrogen and oxygen atoms in total. The molecule has 0 atom stereocenters. The van der Waals surface area contributed by atoms with Crippen molar-refractivity contribution in [1.29, 1.82) is 0 Å². The SMILES string of the molecule is Br[SiH2]C=C(c1cccc2ccccc12)c1cccc2ccccc12. The first-order valence-electron chi connectivity index (χ1n) is 8.11. The minimum absolute atomic E-state index is 0.403. The van der Waals surface area contributed by atoms with E-state index in [1.807, 2.05) is 0 Å². The lowest BCUT2D eigenvalue weighted by Gasteiger charge is -2.14. The minimum Gasteiger partial charge on any atom is -0.130 e. The lowest BCUT2D eigenvalue weighted by atomic mass is 9.91. The van der Waals surface area contributed by atoms with Crippen LogP contribution in [0.25, 0.3) is 27.1 Å². The highest BCUT2D eigenvalue weighted by atomic mass is 79.9. The Bertz CT molecular complexity index is 958. The van der Waals surface area contributed by atoms with Crippen LogP contribution >= 0.6 is 15.3 Å². The second-order valence-corrected chi connectivity index (χ2v) is 8.48. The number of hydrogen-bond acceptors (Lipinski definition) is 0. The van der Waals surface area contributed by atoms with Crippen molar-refractivity contribution in [1.82, 2.24) is 0 Å². The molecule has 4 aromatic carbocycles. The van der Waals surface area contributed by atoms with E-state index in [-0.39, 0.29) is 0 Å². The van der Waals surface area contributed by atoms with E-state index in [0.717, 1.165) is 0 Å². The fourth-order valence-corrected chi connectivity index (χ4v) is 4.93. The molecule has 24 heavy (non-hydrogen) atoms. The average Bonchev–Trinajstić information content (AvgIpc) is 2.65. The Hall–Kier alpha value is -2.16. The zero-order chi connectivity index (χ0) is 16.4. The van der Waals surface area contributed by atoms with Gasteiger partial charge in [-0.15, -0.1) is 15.3 Å². The van der Waals surface area contributed by atoms with Crippen molar-refractivity contribution < 1.29 is 0 Å². The van der Waals surface area contributed by atoms with Gasteiger partial charge in [0.1, 0.15) is 8.14 Å². The van der Waals surface area contributed by atoms with Gasteiger partial charge in [0.05, 0.1) is 0 Å². The van der Waals surface area contributed by atoms with Crippen molar-refractivity contribution in [2.75, 3.05) is 0 Å². The molecular formula is C22H17BrSi. The van der Waals surface area contributed by atoms with Crippen LogP contribution < -0.4 is 0 Å². The third-order valence-corrected chi connectivity index (χ3v) is 5.97. The highest BCUT2D eigenvalue weighted by Gasteiger charge is 2.11. The molecule has 0 bridgehead atoms. The number of hydrogen-bond donors (Lipinski definition) is 0. The van der Waals surface area contributed by atoms with E-state index in [0.29, 0.717) is 0 Å². The van der Waals surface area contributed by atoms with Crippen LogP contribution in [0.5, 0.6) is 0 Å². The summed E-state index contributed by atoms with van der Waals surface area (Å²) in [6.07, 6.45) is 0. The third-order valence-electron chi connectivity index (χ3n) is 4.44. The summed E-state index contributed by atoms with van der Waals surface area (Å²) in [5.41, 5.74) is 6.38. The van der Waals surface area contributed by atoms with Gasteiger partial charge in [-0.3, -0.25) is 0 Å². The molecule has 4 aromatic rings. The second-order valence-electron chi connectivity index (χ2n) is 5.83. The summed E-state index contributed by atoms with van der Waals surface area (Å²) in [5, 5.41) is 5.21. The maximum Gasteiger partial charge on any atom is 0.122 e. The summed E-state index contributed by atoms with van der Waals surface area (Å²) < 4.78 is 0. The van der Waals surface area contributed by atoms with Crippen LogP contribution in [0.2, 0.25) is 0 Å². The van der Waals surface area contributed by atoms with Gasteiger partial charge in [-0.05, 0) is 38.2 Å². The Morgan fingerprint density at radius 2 is 1.08 bits per heavy atom. The van der Waals surface area contributed by atoms with Crippen molar-refractivity contribution in [3.05, 3.63) is 102 Å². The molecule has 2 heteroatoms. The van der Waals surface area contributed by atoms with Crippen LogP contribution in [0.15, 0.2) is 90.6 Å². The number of benzene rings is 4. The summed E-state index contributed by atoms with van der Waals surface area (Å²) in [7, 11) is -0.403. The van der Waals surface area contributed by atoms with Crippen molar-refractivity contribution in [2.45, 2.75) is 0 Å². The molecule has 0 saturated carbocycles. The number of rotatable bonds is 3. The summed E-state index contributed by atoms with van der Waals surface area (Å²) >= 11 is 3.74. The molecule has 0 unspecified atom stereocenters. The van der Waals surface area contributed by atoms with Gasteiger partial charge in [-0.25, -0.2) is 0 Å². The van der Waals surface area contributed by atoms with E-state index in [9.17, 15) is 0 Å². The van der Waals surface area contributed by atoms with Crippen LogP contribution in [0.1, 0.15) is 11.1 Å². The second kappa shape index (κ2) is 6.76. The van der Waals surface area contributed by atoms with Gasteiger partial charge in [-0.2, -0.15) is 0 Å². The van der Waals surface area contributed by atoms with Gasteiger partial charge in [0.25, 0.3) is 0 Å². The van der Waals surface area contributed by atoms with E-state index in [1.165, 1.54) is 38.2 Å². The molecule has 4 rings (SSSR count). The quantitative estimate of drug-likeness (QED) is 0.304. The van der Waals surface area contributed by atoms with E-state index in [1.54, 1.807) is 0 Å². The lowest BCUT2D eigenvalue weighted by molar-refractivity contribution is 1.62. The minimum atomic E-state index is -0.403. The molecule has 0 spiro atoms. The third kappa shape index (κ3) is 2.72. The van der Waals surface area contributed by atoms with Crippen LogP contribution in [0, 0.1) is 0 Å². The van der Waals surface area contributed by atoms with Gasteiger partial charge in [0.15, 0.2) is 0 Å². The van der Waals surface area contributed by atoms with Crippen LogP contribution in [0.3, 0.4) is 0 Å². The molecule has 0 fully saturated rings. The molecule has 0 aliphatic rings.